The van der Waals surface area contributed by atoms with Crippen LogP contribution in [-0.2, 0) is 18.8 Å². The van der Waals surface area contributed by atoms with Crippen LogP contribution in [0.1, 0.15) is 41.5 Å². The summed E-state index contributed by atoms with van der Waals surface area (Å²) in [6.45, 7) is 15.8. The zero-order chi connectivity index (χ0) is 17.7. The Morgan fingerprint density at radius 3 is 2.14 bits per heavy atom. The zero-order valence-corrected chi connectivity index (χ0v) is 16.1. The van der Waals surface area contributed by atoms with Gasteiger partial charge in [0, 0.05) is 6.92 Å². The third kappa shape index (κ3) is 6.89. The number of ether oxygens (including phenoxy) is 1. The van der Waals surface area contributed by atoms with Crippen LogP contribution in [0.5, 0.6) is 0 Å². The third-order valence-electron chi connectivity index (χ3n) is 4.03. The SMILES string of the molecule is CC(=O)O[C@@H](C)CNC(=O)[C@@H](N)[C@@H](C)O[Si](C)(C)C(C)(C)C. The molecule has 0 aromatic carbocycles. The van der Waals surface area contributed by atoms with Crippen molar-refractivity contribution in [3.05, 3.63) is 0 Å². The van der Waals surface area contributed by atoms with Gasteiger partial charge in [-0.2, -0.15) is 0 Å². The van der Waals surface area contributed by atoms with E-state index in [0.717, 1.165) is 0 Å². The lowest BCUT2D eigenvalue weighted by atomic mass is 10.2. The molecule has 0 heterocycles. The monoisotopic (exact) mass is 332 g/mol. The Hall–Kier alpha value is -0.923. The van der Waals surface area contributed by atoms with Crippen LogP contribution in [0.3, 0.4) is 0 Å². The van der Waals surface area contributed by atoms with Gasteiger partial charge < -0.3 is 20.2 Å². The fraction of sp³-hybridized carbons (Fsp3) is 0.867. The molecule has 0 aromatic rings. The molecule has 22 heavy (non-hydrogen) atoms. The summed E-state index contributed by atoms with van der Waals surface area (Å²) in [5, 5.41) is 2.74. The van der Waals surface area contributed by atoms with Gasteiger partial charge in [-0.15, -0.1) is 0 Å². The van der Waals surface area contributed by atoms with Crippen molar-refractivity contribution in [2.75, 3.05) is 6.54 Å². The lowest BCUT2D eigenvalue weighted by Gasteiger charge is -2.39. The van der Waals surface area contributed by atoms with E-state index in [0.29, 0.717) is 0 Å². The van der Waals surface area contributed by atoms with Gasteiger partial charge in [0.15, 0.2) is 8.32 Å². The predicted molar refractivity (Wildman–Crippen MR) is 90.0 cm³/mol. The summed E-state index contributed by atoms with van der Waals surface area (Å²) in [7, 11) is -1.97. The van der Waals surface area contributed by atoms with Crippen molar-refractivity contribution in [1.82, 2.24) is 5.32 Å². The number of rotatable bonds is 7. The van der Waals surface area contributed by atoms with E-state index in [2.05, 4.69) is 39.2 Å². The molecule has 0 saturated heterocycles. The molecule has 0 fully saturated rings. The van der Waals surface area contributed by atoms with Crippen LogP contribution >= 0.6 is 0 Å². The molecule has 0 bridgehead atoms. The maximum atomic E-state index is 12.1. The number of esters is 1. The second-order valence-corrected chi connectivity index (χ2v) is 12.0. The van der Waals surface area contributed by atoms with E-state index < -0.39 is 14.4 Å². The maximum Gasteiger partial charge on any atom is 0.302 e. The molecule has 0 saturated carbocycles. The van der Waals surface area contributed by atoms with E-state index in [1.807, 2.05) is 6.92 Å². The van der Waals surface area contributed by atoms with E-state index in [9.17, 15) is 9.59 Å². The summed E-state index contributed by atoms with van der Waals surface area (Å²) in [6.07, 6.45) is -0.754. The Bertz CT molecular complexity index is 393. The zero-order valence-electron chi connectivity index (χ0n) is 15.1. The summed E-state index contributed by atoms with van der Waals surface area (Å²) in [4.78, 5) is 22.9. The first-order valence-corrected chi connectivity index (χ1v) is 10.6. The number of carbonyl (C=O) groups excluding carboxylic acids is 2. The van der Waals surface area contributed by atoms with Crippen LogP contribution < -0.4 is 11.1 Å². The first kappa shape index (κ1) is 21.1. The van der Waals surface area contributed by atoms with Crippen molar-refractivity contribution in [2.24, 2.45) is 5.73 Å². The average Bonchev–Trinajstić information content (AvgIpc) is 2.32. The van der Waals surface area contributed by atoms with Gasteiger partial charge in [0.1, 0.15) is 12.1 Å². The minimum atomic E-state index is -1.97. The molecule has 1 amide bonds. The summed E-state index contributed by atoms with van der Waals surface area (Å²) in [5.41, 5.74) is 5.98. The summed E-state index contributed by atoms with van der Waals surface area (Å²) in [5.74, 6) is -0.675. The van der Waals surface area contributed by atoms with Crippen molar-refractivity contribution in [1.29, 1.82) is 0 Å². The molecule has 0 aliphatic heterocycles. The fourth-order valence-corrected chi connectivity index (χ4v) is 3.04. The minimum Gasteiger partial charge on any atom is -0.461 e. The molecule has 130 valence electrons. The fourth-order valence-electron chi connectivity index (χ4n) is 1.62. The highest BCUT2D eigenvalue weighted by Gasteiger charge is 2.40. The van der Waals surface area contributed by atoms with Gasteiger partial charge in [-0.1, -0.05) is 20.8 Å². The molecule has 0 spiro atoms. The molecular formula is C15H32N2O4Si. The molecule has 6 nitrogen and oxygen atoms in total. The normalized spacial score (nSPS) is 16.6. The number of hydrogen-bond donors (Lipinski definition) is 2. The standard InChI is InChI=1S/C15H32N2O4Si/c1-10(20-12(3)18)9-17-14(19)13(16)11(2)21-22(7,8)15(4,5)6/h10-11,13H,9,16H2,1-8H3,(H,17,19)/t10-,11+,13-/m0/s1. The van der Waals surface area contributed by atoms with E-state index in [-0.39, 0.29) is 35.7 Å². The molecular weight excluding hydrogens is 300 g/mol. The van der Waals surface area contributed by atoms with Crippen LogP contribution in [0, 0.1) is 0 Å². The topological polar surface area (TPSA) is 90.7 Å². The van der Waals surface area contributed by atoms with E-state index in [1.54, 1.807) is 6.92 Å². The Balaban J connectivity index is 4.48. The van der Waals surface area contributed by atoms with Crippen molar-refractivity contribution < 1.29 is 18.8 Å². The quantitative estimate of drug-likeness (QED) is 0.548. The maximum absolute atomic E-state index is 12.1. The Labute approximate surface area is 135 Å². The van der Waals surface area contributed by atoms with Crippen LogP contribution in [0.25, 0.3) is 0 Å². The number of hydrogen-bond acceptors (Lipinski definition) is 5. The second-order valence-electron chi connectivity index (χ2n) is 7.27. The predicted octanol–water partition coefficient (Wildman–Crippen LogP) is 1.79. The molecule has 3 N–H and O–H groups in total. The molecule has 0 rings (SSSR count). The van der Waals surface area contributed by atoms with E-state index in [1.165, 1.54) is 6.92 Å². The first-order valence-electron chi connectivity index (χ1n) is 7.66. The van der Waals surface area contributed by atoms with Crippen molar-refractivity contribution in [2.45, 2.75) is 77.9 Å². The third-order valence-corrected chi connectivity index (χ3v) is 8.60. The van der Waals surface area contributed by atoms with Gasteiger partial charge in [0.2, 0.25) is 5.91 Å². The lowest BCUT2D eigenvalue weighted by molar-refractivity contribution is -0.146. The molecule has 0 aromatic heterocycles. The van der Waals surface area contributed by atoms with E-state index in [4.69, 9.17) is 14.9 Å². The number of amides is 1. The number of nitrogens with one attached hydrogen (secondary N) is 1. The van der Waals surface area contributed by atoms with Crippen molar-refractivity contribution >= 4 is 20.2 Å². The Kier molecular flexibility index (Phi) is 7.74. The Morgan fingerprint density at radius 2 is 1.73 bits per heavy atom. The smallest absolute Gasteiger partial charge is 0.302 e. The summed E-state index contributed by atoms with van der Waals surface area (Å²) < 4.78 is 11.1. The van der Waals surface area contributed by atoms with Crippen LogP contribution in [-0.4, -0.2) is 45.0 Å². The van der Waals surface area contributed by atoms with Crippen LogP contribution in [0.4, 0.5) is 0 Å². The van der Waals surface area contributed by atoms with Gasteiger partial charge in [-0.3, -0.25) is 9.59 Å². The highest BCUT2D eigenvalue weighted by Crippen LogP contribution is 2.37. The minimum absolute atomic E-state index is 0.0568. The highest BCUT2D eigenvalue weighted by atomic mass is 28.4. The van der Waals surface area contributed by atoms with Crippen LogP contribution in [0.15, 0.2) is 0 Å². The molecule has 0 aliphatic carbocycles. The summed E-state index contributed by atoms with van der Waals surface area (Å²) in [6, 6.07) is -0.751. The molecule has 3 atom stereocenters. The molecule has 0 radical (unpaired) electrons. The molecule has 0 aliphatic rings. The van der Waals surface area contributed by atoms with Gasteiger partial charge >= 0.3 is 5.97 Å². The first-order chi connectivity index (χ1) is 9.78. The summed E-state index contributed by atoms with van der Waals surface area (Å²) >= 11 is 0. The number of carbonyl (C=O) groups is 2. The molecule has 7 heteroatoms. The van der Waals surface area contributed by atoms with Crippen LogP contribution in [0.2, 0.25) is 18.1 Å². The Morgan fingerprint density at radius 1 is 1.23 bits per heavy atom. The van der Waals surface area contributed by atoms with Gasteiger partial charge in [-0.05, 0) is 32.0 Å². The number of nitrogens with two attached hydrogens (primary N) is 1. The lowest BCUT2D eigenvalue weighted by Crippen LogP contribution is -2.54. The van der Waals surface area contributed by atoms with Gasteiger partial charge in [0.05, 0.1) is 12.6 Å². The van der Waals surface area contributed by atoms with Crippen molar-refractivity contribution in [3.8, 4) is 0 Å². The van der Waals surface area contributed by atoms with Gasteiger partial charge in [0.25, 0.3) is 0 Å². The average molecular weight is 333 g/mol. The van der Waals surface area contributed by atoms with Crippen molar-refractivity contribution in [3.63, 3.8) is 0 Å². The molecule has 0 unspecified atom stereocenters. The van der Waals surface area contributed by atoms with Gasteiger partial charge in [-0.25, -0.2) is 0 Å². The second kappa shape index (κ2) is 8.08. The largest absolute Gasteiger partial charge is 0.461 e. The highest BCUT2D eigenvalue weighted by molar-refractivity contribution is 6.74. The van der Waals surface area contributed by atoms with E-state index >= 15 is 0 Å².